The molecule has 2 N–H and O–H groups in total. The standard InChI is InChI=1S/C18H23N5O3/c1-11(24)19-18-20-15-13-10-12(25-3)4-5-14(13)26-16(15)17(21-18)23-8-6-22(2)7-9-23/h4-5,10-11,24H,6-9H2,1-3H3,(H,19,20,21). The van der Waals surface area contributed by atoms with Crippen molar-refractivity contribution in [2.75, 3.05) is 50.6 Å². The number of anilines is 2. The fourth-order valence-electron chi connectivity index (χ4n) is 3.22. The second-order valence-electron chi connectivity index (χ2n) is 6.62. The summed E-state index contributed by atoms with van der Waals surface area (Å²) in [6.45, 7) is 5.27. The molecule has 3 aromatic rings. The summed E-state index contributed by atoms with van der Waals surface area (Å²) >= 11 is 0. The van der Waals surface area contributed by atoms with Gasteiger partial charge in [-0.05, 0) is 32.2 Å². The number of aliphatic hydroxyl groups is 1. The largest absolute Gasteiger partial charge is 0.497 e. The van der Waals surface area contributed by atoms with Gasteiger partial charge in [0.2, 0.25) is 5.95 Å². The molecule has 0 bridgehead atoms. The third-order valence-electron chi connectivity index (χ3n) is 4.64. The smallest absolute Gasteiger partial charge is 0.227 e. The highest BCUT2D eigenvalue weighted by Gasteiger charge is 2.23. The van der Waals surface area contributed by atoms with Gasteiger partial charge in [-0.3, -0.25) is 0 Å². The number of piperazine rings is 1. The first-order valence-electron chi connectivity index (χ1n) is 8.71. The van der Waals surface area contributed by atoms with Crippen molar-refractivity contribution >= 4 is 33.8 Å². The molecule has 1 unspecified atom stereocenters. The number of furan rings is 1. The first-order chi connectivity index (χ1) is 12.5. The van der Waals surface area contributed by atoms with Crippen molar-refractivity contribution in [2.24, 2.45) is 0 Å². The van der Waals surface area contributed by atoms with Crippen LogP contribution in [0.15, 0.2) is 22.6 Å². The number of hydrogen-bond acceptors (Lipinski definition) is 8. The predicted octanol–water partition coefficient (Wildman–Crippen LogP) is 1.89. The molecule has 8 nitrogen and oxygen atoms in total. The molecule has 1 aromatic carbocycles. The van der Waals surface area contributed by atoms with Crippen molar-refractivity contribution in [1.29, 1.82) is 0 Å². The van der Waals surface area contributed by atoms with E-state index in [0.29, 0.717) is 17.0 Å². The normalized spacial score (nSPS) is 17.0. The van der Waals surface area contributed by atoms with E-state index in [1.165, 1.54) is 0 Å². The van der Waals surface area contributed by atoms with Crippen LogP contribution in [-0.4, -0.2) is 66.5 Å². The zero-order valence-electron chi connectivity index (χ0n) is 15.2. The fraction of sp³-hybridized carbons (Fsp3) is 0.444. The number of likely N-dealkylation sites (N-methyl/N-ethyl adjacent to an activating group) is 1. The van der Waals surface area contributed by atoms with Crippen LogP contribution in [0.2, 0.25) is 0 Å². The van der Waals surface area contributed by atoms with Gasteiger partial charge in [-0.2, -0.15) is 4.98 Å². The number of nitrogens with zero attached hydrogens (tertiary/aromatic N) is 4. The van der Waals surface area contributed by atoms with Gasteiger partial charge in [0, 0.05) is 26.2 Å². The molecule has 4 rings (SSSR count). The molecule has 26 heavy (non-hydrogen) atoms. The summed E-state index contributed by atoms with van der Waals surface area (Å²) in [7, 11) is 3.75. The highest BCUT2D eigenvalue weighted by atomic mass is 16.5. The first-order valence-corrected chi connectivity index (χ1v) is 8.71. The Hall–Kier alpha value is -2.58. The van der Waals surface area contributed by atoms with E-state index in [-0.39, 0.29) is 0 Å². The second kappa shape index (κ2) is 6.62. The number of nitrogens with one attached hydrogen (secondary N) is 1. The van der Waals surface area contributed by atoms with Crippen molar-refractivity contribution in [3.63, 3.8) is 0 Å². The molecule has 1 aliphatic rings. The fourth-order valence-corrected chi connectivity index (χ4v) is 3.22. The Morgan fingerprint density at radius 1 is 1.23 bits per heavy atom. The van der Waals surface area contributed by atoms with Crippen molar-refractivity contribution < 1.29 is 14.3 Å². The van der Waals surface area contributed by atoms with Gasteiger partial charge >= 0.3 is 0 Å². The molecule has 1 atom stereocenters. The lowest BCUT2D eigenvalue weighted by Gasteiger charge is -2.33. The van der Waals surface area contributed by atoms with Crippen molar-refractivity contribution in [1.82, 2.24) is 14.9 Å². The molecular formula is C18H23N5O3. The highest BCUT2D eigenvalue weighted by Crippen LogP contribution is 2.35. The van der Waals surface area contributed by atoms with Crippen LogP contribution in [0.1, 0.15) is 6.92 Å². The van der Waals surface area contributed by atoms with Gasteiger partial charge in [0.15, 0.2) is 11.4 Å². The number of rotatable bonds is 4. The molecule has 0 saturated carbocycles. The van der Waals surface area contributed by atoms with Crippen LogP contribution in [0.4, 0.5) is 11.8 Å². The lowest BCUT2D eigenvalue weighted by Crippen LogP contribution is -2.45. The molecule has 1 aliphatic heterocycles. The lowest BCUT2D eigenvalue weighted by atomic mass is 10.2. The molecule has 1 saturated heterocycles. The Morgan fingerprint density at radius 2 is 2.00 bits per heavy atom. The summed E-state index contributed by atoms with van der Waals surface area (Å²) in [6, 6.07) is 5.65. The van der Waals surface area contributed by atoms with Crippen LogP contribution >= 0.6 is 0 Å². The molecule has 1 fully saturated rings. The van der Waals surface area contributed by atoms with Crippen LogP contribution in [0, 0.1) is 0 Å². The molecule has 8 heteroatoms. The Labute approximate surface area is 151 Å². The third kappa shape index (κ3) is 3.02. The maximum Gasteiger partial charge on any atom is 0.227 e. The average molecular weight is 357 g/mol. The van der Waals surface area contributed by atoms with Crippen molar-refractivity contribution in [2.45, 2.75) is 13.2 Å². The Balaban J connectivity index is 1.90. The predicted molar refractivity (Wildman–Crippen MR) is 101 cm³/mol. The maximum absolute atomic E-state index is 9.71. The van der Waals surface area contributed by atoms with E-state index in [1.54, 1.807) is 14.0 Å². The van der Waals surface area contributed by atoms with Gasteiger partial charge in [0.1, 0.15) is 23.1 Å². The number of fused-ring (bicyclic) bond motifs is 3. The van der Waals surface area contributed by atoms with E-state index in [4.69, 9.17) is 9.15 Å². The molecule has 2 aromatic heterocycles. The van der Waals surface area contributed by atoms with E-state index in [1.807, 2.05) is 18.2 Å². The summed E-state index contributed by atoms with van der Waals surface area (Å²) in [4.78, 5) is 13.7. The van der Waals surface area contributed by atoms with Gasteiger partial charge in [0.05, 0.1) is 12.5 Å². The summed E-state index contributed by atoms with van der Waals surface area (Å²) in [5.74, 6) is 1.87. The molecule has 0 radical (unpaired) electrons. The first kappa shape index (κ1) is 16.9. The van der Waals surface area contributed by atoms with Crippen molar-refractivity contribution in [3.8, 4) is 5.75 Å². The molecule has 0 aliphatic carbocycles. The van der Waals surface area contributed by atoms with Gasteiger partial charge in [0.25, 0.3) is 0 Å². The summed E-state index contributed by atoms with van der Waals surface area (Å²) in [6.07, 6.45) is -0.750. The van der Waals surface area contributed by atoms with E-state index in [0.717, 1.165) is 48.7 Å². The highest BCUT2D eigenvalue weighted by molar-refractivity contribution is 6.06. The van der Waals surface area contributed by atoms with Crippen molar-refractivity contribution in [3.05, 3.63) is 18.2 Å². The van der Waals surface area contributed by atoms with E-state index in [9.17, 15) is 5.11 Å². The Morgan fingerprint density at radius 3 is 2.69 bits per heavy atom. The van der Waals surface area contributed by atoms with Crippen LogP contribution < -0.4 is 15.0 Å². The number of methoxy groups -OCH3 is 1. The SMILES string of the molecule is COc1ccc2oc3c(N4CCN(C)CC4)nc(NC(C)O)nc3c2c1. The van der Waals surface area contributed by atoms with Crippen LogP contribution in [-0.2, 0) is 0 Å². The van der Waals surface area contributed by atoms with Crippen LogP contribution in [0.25, 0.3) is 22.1 Å². The van der Waals surface area contributed by atoms with Gasteiger partial charge in [-0.1, -0.05) is 0 Å². The van der Waals surface area contributed by atoms with Crippen LogP contribution in [0.5, 0.6) is 5.75 Å². The topological polar surface area (TPSA) is 86.9 Å². The number of hydrogen-bond donors (Lipinski definition) is 2. The van der Waals surface area contributed by atoms with E-state index in [2.05, 4.69) is 32.1 Å². The number of ether oxygens (including phenoxy) is 1. The minimum atomic E-state index is -0.750. The number of aromatic nitrogens is 2. The maximum atomic E-state index is 9.71. The summed E-state index contributed by atoms with van der Waals surface area (Å²) < 4.78 is 11.4. The molecule has 138 valence electrons. The summed E-state index contributed by atoms with van der Waals surface area (Å²) in [5.41, 5.74) is 2.11. The molecule has 3 heterocycles. The average Bonchev–Trinajstić information content (AvgIpc) is 2.99. The number of aliphatic hydroxyl groups excluding tert-OH is 1. The van der Waals surface area contributed by atoms with E-state index >= 15 is 0 Å². The Bertz CT molecular complexity index is 931. The lowest BCUT2D eigenvalue weighted by molar-refractivity contribution is 0.223. The van der Waals surface area contributed by atoms with Gasteiger partial charge in [-0.25, -0.2) is 4.98 Å². The third-order valence-corrected chi connectivity index (χ3v) is 4.64. The zero-order valence-corrected chi connectivity index (χ0v) is 15.2. The second-order valence-corrected chi connectivity index (χ2v) is 6.62. The van der Waals surface area contributed by atoms with Gasteiger partial charge in [-0.15, -0.1) is 0 Å². The monoisotopic (exact) mass is 357 g/mol. The quantitative estimate of drug-likeness (QED) is 0.685. The van der Waals surface area contributed by atoms with E-state index < -0.39 is 6.23 Å². The Kier molecular flexibility index (Phi) is 4.29. The molecular weight excluding hydrogens is 334 g/mol. The molecule has 0 amide bonds. The minimum absolute atomic E-state index is 0.381. The number of benzene rings is 1. The zero-order chi connectivity index (χ0) is 18.3. The van der Waals surface area contributed by atoms with Gasteiger partial charge < -0.3 is 29.4 Å². The van der Waals surface area contributed by atoms with Crippen LogP contribution in [0.3, 0.4) is 0 Å². The molecule has 0 spiro atoms. The minimum Gasteiger partial charge on any atom is -0.497 e. The summed E-state index contributed by atoms with van der Waals surface area (Å²) in [5, 5.41) is 13.5.